The van der Waals surface area contributed by atoms with Gasteiger partial charge < -0.3 is 8.83 Å². The minimum Gasteiger partial charge on any atom is -0.452 e. The fraction of sp³-hybridized carbons (Fsp3) is 0. The third-order valence-corrected chi connectivity index (χ3v) is 19.3. The maximum atomic E-state index is 6.37. The van der Waals surface area contributed by atoms with Crippen molar-refractivity contribution in [1.82, 2.24) is 49.8 Å². The smallest absolute Gasteiger partial charge is 0.246 e. The molecule has 0 N–H and O–H groups in total. The van der Waals surface area contributed by atoms with E-state index in [1.165, 1.54) is 11.1 Å². The number of benzene rings is 14. The Kier molecular flexibility index (Phi) is 15.9. The van der Waals surface area contributed by atoms with E-state index in [-0.39, 0.29) is 0 Å². The quantitative estimate of drug-likeness (QED) is 0.114. The average Bonchev–Trinajstić information content (AvgIpc) is 1.60. The first-order valence-electron chi connectivity index (χ1n) is 35.0. The van der Waals surface area contributed by atoms with Crippen molar-refractivity contribution in [3.8, 4) is 135 Å². The molecule has 0 aliphatic rings. The third kappa shape index (κ3) is 12.2. The van der Waals surface area contributed by atoms with E-state index in [0.717, 1.165) is 144 Å². The van der Waals surface area contributed by atoms with Crippen molar-refractivity contribution in [3.63, 3.8) is 0 Å². The molecule has 0 atom stereocenters. The zero-order valence-corrected chi connectivity index (χ0v) is 56.8. The second-order valence-corrected chi connectivity index (χ2v) is 25.9. The summed E-state index contributed by atoms with van der Waals surface area (Å²) in [6, 6.07) is 118. The highest BCUT2D eigenvalue weighted by Crippen LogP contribution is 2.40. The Balaban J connectivity index is 0.000000145. The summed E-state index contributed by atoms with van der Waals surface area (Å²) in [4.78, 5) is 48.5. The van der Waals surface area contributed by atoms with Crippen molar-refractivity contribution in [2.75, 3.05) is 0 Å². The number of nitrogens with zero attached hydrogens (tertiary/aromatic N) is 10. The molecule has 0 unspecified atom stereocenters. The van der Waals surface area contributed by atoms with E-state index >= 15 is 0 Å². The SMILES string of the molecule is c1ccc(-c2ccc(-c3nc(-c4ccccc4)nc(-c4ccc(-c5ccc(-c6ccc7oc8nc9ccccc9nc8c7c6)cc5)cc4)n3)cc2)cc1.c1ccc(-c2ccc(-c3nc(-c4ccccc4)nc(-c4ccc(-c5ccc(-c6ncnc7c6oc6ccc8ccccc8c67)cc5)cc4)n3)cc2)cc1. The third-order valence-electron chi connectivity index (χ3n) is 19.3. The van der Waals surface area contributed by atoms with E-state index in [4.69, 9.17) is 48.7 Å². The van der Waals surface area contributed by atoms with E-state index in [2.05, 4.69) is 234 Å². The molecule has 6 heterocycles. The first kappa shape index (κ1) is 62.4. The zero-order valence-electron chi connectivity index (χ0n) is 56.8. The second-order valence-electron chi connectivity index (χ2n) is 25.9. The summed E-state index contributed by atoms with van der Waals surface area (Å²) in [6.07, 6.45) is 1.62. The minimum absolute atomic E-state index is 0.553. The Morgan fingerprint density at radius 2 is 0.538 bits per heavy atom. The van der Waals surface area contributed by atoms with Crippen LogP contribution in [-0.4, -0.2) is 49.8 Å². The van der Waals surface area contributed by atoms with Gasteiger partial charge in [-0.3, -0.25) is 0 Å². The molecule has 0 saturated carbocycles. The number of furan rings is 2. The summed E-state index contributed by atoms with van der Waals surface area (Å²) in [6.45, 7) is 0. The number of hydrogen-bond acceptors (Lipinski definition) is 12. The lowest BCUT2D eigenvalue weighted by molar-refractivity contribution is 0.655. The molecule has 496 valence electrons. The molecule has 12 heteroatoms. The van der Waals surface area contributed by atoms with Crippen LogP contribution in [0.15, 0.2) is 361 Å². The Hall–Kier alpha value is -14.6. The molecular weight excluding hydrogens is 1300 g/mol. The van der Waals surface area contributed by atoms with Gasteiger partial charge in [-0.1, -0.05) is 315 Å². The van der Waals surface area contributed by atoms with E-state index in [1.54, 1.807) is 6.33 Å². The molecule has 20 aromatic rings. The largest absolute Gasteiger partial charge is 0.452 e. The van der Waals surface area contributed by atoms with Crippen molar-refractivity contribution in [1.29, 1.82) is 0 Å². The molecule has 0 amide bonds. The van der Waals surface area contributed by atoms with Gasteiger partial charge in [0, 0.05) is 44.3 Å². The van der Waals surface area contributed by atoms with Crippen LogP contribution in [0.4, 0.5) is 0 Å². The summed E-state index contributed by atoms with van der Waals surface area (Å²) in [5, 5.41) is 4.24. The molecule has 12 nitrogen and oxygen atoms in total. The molecule has 0 radical (unpaired) electrons. The molecule has 0 bridgehead atoms. The van der Waals surface area contributed by atoms with Gasteiger partial charge in [0.05, 0.1) is 16.4 Å². The number of para-hydroxylation sites is 2. The van der Waals surface area contributed by atoms with Crippen LogP contribution >= 0.6 is 0 Å². The van der Waals surface area contributed by atoms with E-state index < -0.39 is 0 Å². The normalized spacial score (nSPS) is 11.4. The van der Waals surface area contributed by atoms with Gasteiger partial charge >= 0.3 is 0 Å². The van der Waals surface area contributed by atoms with Crippen molar-refractivity contribution in [2.45, 2.75) is 0 Å². The van der Waals surface area contributed by atoms with Gasteiger partial charge in [0.2, 0.25) is 5.71 Å². The Labute approximate surface area is 608 Å². The van der Waals surface area contributed by atoms with Gasteiger partial charge in [-0.15, -0.1) is 0 Å². The van der Waals surface area contributed by atoms with Crippen molar-refractivity contribution < 1.29 is 8.83 Å². The molecule has 14 aromatic carbocycles. The molecule has 0 aliphatic carbocycles. The average molecular weight is 1360 g/mol. The summed E-state index contributed by atoms with van der Waals surface area (Å²) in [5.74, 6) is 3.78. The fourth-order valence-corrected chi connectivity index (χ4v) is 13.7. The standard InChI is InChI=1S/2C47H29N5O/c1-3-9-30(10-4-1)31-17-23-37(24-18-31)46-50-45(36-12-5-2-6-13-36)51-47(52-46)38-25-19-33(20-26-38)32-15-21-35(22-16-32)42-44-43(49-29-48-42)41-39-14-8-7-11-34(39)27-28-40(41)53-44;1-3-9-30(10-4-1)31-19-23-36(24-20-31)45-50-44(35-11-5-2-6-12-35)51-46(52-45)37-25-21-33(22-26-37)32-15-17-34(18-16-32)38-27-28-42-39(29-38)43-47(53-42)49-41-14-8-7-13-40(41)48-43/h2*1-29H. The van der Waals surface area contributed by atoms with Gasteiger partial charge in [-0.2, -0.15) is 0 Å². The maximum absolute atomic E-state index is 6.37. The summed E-state index contributed by atoms with van der Waals surface area (Å²) in [7, 11) is 0. The molecule has 6 aromatic heterocycles. The van der Waals surface area contributed by atoms with Crippen LogP contribution in [0, 0.1) is 0 Å². The Morgan fingerprint density at radius 1 is 0.208 bits per heavy atom. The zero-order chi connectivity index (χ0) is 70.3. The van der Waals surface area contributed by atoms with Crippen LogP contribution < -0.4 is 0 Å². The van der Waals surface area contributed by atoms with E-state index in [1.807, 2.05) is 121 Å². The highest BCUT2D eigenvalue weighted by molar-refractivity contribution is 6.19. The Morgan fingerprint density at radius 3 is 0.981 bits per heavy atom. The predicted molar refractivity (Wildman–Crippen MR) is 426 cm³/mol. The highest BCUT2D eigenvalue weighted by Gasteiger charge is 2.20. The van der Waals surface area contributed by atoms with Gasteiger partial charge in [0.25, 0.3) is 0 Å². The lowest BCUT2D eigenvalue weighted by atomic mass is 9.99. The summed E-state index contributed by atoms with van der Waals surface area (Å²) in [5.41, 5.74) is 24.6. The lowest BCUT2D eigenvalue weighted by Crippen LogP contribution is -2.00. The molecular formula is C94H58N10O2. The van der Waals surface area contributed by atoms with Gasteiger partial charge in [0.1, 0.15) is 34.2 Å². The lowest BCUT2D eigenvalue weighted by Gasteiger charge is -2.10. The van der Waals surface area contributed by atoms with Crippen molar-refractivity contribution in [2.24, 2.45) is 0 Å². The fourth-order valence-electron chi connectivity index (χ4n) is 13.7. The summed E-state index contributed by atoms with van der Waals surface area (Å²) >= 11 is 0. The second kappa shape index (κ2) is 27.0. The number of fused-ring (bicyclic) bond motifs is 9. The molecule has 0 spiro atoms. The topological polar surface area (TPSA) is 155 Å². The van der Waals surface area contributed by atoms with Crippen molar-refractivity contribution in [3.05, 3.63) is 352 Å². The van der Waals surface area contributed by atoms with Crippen LogP contribution in [0.3, 0.4) is 0 Å². The van der Waals surface area contributed by atoms with Crippen LogP contribution in [-0.2, 0) is 0 Å². The number of hydrogen-bond donors (Lipinski definition) is 0. The monoisotopic (exact) mass is 1360 g/mol. The highest BCUT2D eigenvalue weighted by atomic mass is 16.3. The van der Waals surface area contributed by atoms with Crippen LogP contribution in [0.2, 0.25) is 0 Å². The number of rotatable bonds is 12. The van der Waals surface area contributed by atoms with Gasteiger partial charge in [-0.05, 0) is 96.7 Å². The van der Waals surface area contributed by atoms with E-state index in [9.17, 15) is 0 Å². The maximum Gasteiger partial charge on any atom is 0.246 e. The van der Waals surface area contributed by atoms with Crippen LogP contribution in [0.1, 0.15) is 0 Å². The van der Waals surface area contributed by atoms with Gasteiger partial charge in [-0.25, -0.2) is 49.8 Å². The van der Waals surface area contributed by atoms with Gasteiger partial charge in [0.15, 0.2) is 40.5 Å². The molecule has 0 saturated heterocycles. The summed E-state index contributed by atoms with van der Waals surface area (Å²) < 4.78 is 12.4. The molecule has 0 fully saturated rings. The van der Waals surface area contributed by atoms with Crippen LogP contribution in [0.5, 0.6) is 0 Å². The first-order valence-corrected chi connectivity index (χ1v) is 35.0. The Bertz CT molecular complexity index is 6620. The van der Waals surface area contributed by atoms with E-state index in [0.29, 0.717) is 46.2 Å². The molecule has 0 aliphatic heterocycles. The van der Waals surface area contributed by atoms with Crippen LogP contribution in [0.25, 0.3) is 201 Å². The number of aromatic nitrogens is 10. The molecule has 20 rings (SSSR count). The molecule has 106 heavy (non-hydrogen) atoms. The minimum atomic E-state index is 0.553. The first-order chi connectivity index (χ1) is 52.5. The van der Waals surface area contributed by atoms with Crippen molar-refractivity contribution >= 4 is 66.1 Å². The predicted octanol–water partition coefficient (Wildman–Crippen LogP) is 23.4.